The fourth-order valence-electron chi connectivity index (χ4n) is 3.31. The number of thiocarbonyl (C=S) groups is 1. The third-order valence-electron chi connectivity index (χ3n) is 5.00. The zero-order chi connectivity index (χ0) is 25.0. The normalized spacial score (nSPS) is 10.3. The molecule has 3 rings (SSSR count). The maximum Gasteiger partial charge on any atom is 0.257 e. The topological polar surface area (TPSA) is 79.9 Å². The van der Waals surface area contributed by atoms with Gasteiger partial charge in [0.15, 0.2) is 5.11 Å². The Balaban J connectivity index is 1.56. The van der Waals surface area contributed by atoms with Crippen molar-refractivity contribution in [2.24, 2.45) is 0 Å². The lowest BCUT2D eigenvalue weighted by atomic mass is 10.1. The summed E-state index contributed by atoms with van der Waals surface area (Å²) in [7, 11) is 1.76. The van der Waals surface area contributed by atoms with E-state index in [1.165, 1.54) is 0 Å². The summed E-state index contributed by atoms with van der Waals surface area (Å²) >= 11 is 5.31. The Labute approximate surface area is 211 Å². The molecule has 2 N–H and O–H groups in total. The SMILES string of the molecule is CCOCCOc1cccc(C(=O)NC(=S)Nc2cccc(C(=O)N(C)Cc3ccccc3)c2)c1. The number of nitrogens with zero attached hydrogens (tertiary/aromatic N) is 1. The van der Waals surface area contributed by atoms with Crippen LogP contribution in [0.25, 0.3) is 0 Å². The Morgan fingerprint density at radius 1 is 0.914 bits per heavy atom. The third-order valence-corrected chi connectivity index (χ3v) is 5.20. The van der Waals surface area contributed by atoms with Gasteiger partial charge < -0.3 is 19.7 Å². The van der Waals surface area contributed by atoms with Crippen molar-refractivity contribution in [2.45, 2.75) is 13.5 Å². The molecule has 0 fully saturated rings. The van der Waals surface area contributed by atoms with Gasteiger partial charge in [-0.1, -0.05) is 42.5 Å². The average Bonchev–Trinajstić information content (AvgIpc) is 2.87. The second-order valence-electron chi connectivity index (χ2n) is 7.71. The van der Waals surface area contributed by atoms with Gasteiger partial charge in [-0.2, -0.15) is 0 Å². The first-order chi connectivity index (χ1) is 17.0. The van der Waals surface area contributed by atoms with Gasteiger partial charge in [-0.3, -0.25) is 14.9 Å². The van der Waals surface area contributed by atoms with E-state index in [4.69, 9.17) is 21.7 Å². The highest BCUT2D eigenvalue weighted by Crippen LogP contribution is 2.15. The van der Waals surface area contributed by atoms with E-state index in [9.17, 15) is 9.59 Å². The summed E-state index contributed by atoms with van der Waals surface area (Å²) in [5, 5.41) is 5.75. The maximum absolute atomic E-state index is 12.9. The number of rotatable bonds is 10. The summed E-state index contributed by atoms with van der Waals surface area (Å²) in [5.41, 5.74) is 2.57. The van der Waals surface area contributed by atoms with E-state index >= 15 is 0 Å². The van der Waals surface area contributed by atoms with Crippen LogP contribution >= 0.6 is 12.2 Å². The zero-order valence-corrected chi connectivity index (χ0v) is 20.6. The molecule has 0 atom stereocenters. The van der Waals surface area contributed by atoms with Crippen molar-refractivity contribution in [1.82, 2.24) is 10.2 Å². The molecular weight excluding hydrogens is 462 g/mol. The van der Waals surface area contributed by atoms with E-state index in [0.29, 0.717) is 48.9 Å². The molecule has 0 heterocycles. The van der Waals surface area contributed by atoms with Crippen molar-refractivity contribution in [3.8, 4) is 5.75 Å². The number of carbonyl (C=O) groups is 2. The van der Waals surface area contributed by atoms with Gasteiger partial charge in [0.25, 0.3) is 11.8 Å². The van der Waals surface area contributed by atoms with Gasteiger partial charge in [0.1, 0.15) is 12.4 Å². The number of benzene rings is 3. The summed E-state index contributed by atoms with van der Waals surface area (Å²) in [4.78, 5) is 27.2. The monoisotopic (exact) mass is 491 g/mol. The Morgan fingerprint density at radius 3 is 2.43 bits per heavy atom. The Hall–Kier alpha value is -3.75. The first-order valence-corrected chi connectivity index (χ1v) is 11.7. The van der Waals surface area contributed by atoms with Gasteiger partial charge in [0.05, 0.1) is 6.61 Å². The number of anilines is 1. The lowest BCUT2D eigenvalue weighted by Crippen LogP contribution is -2.34. The molecule has 0 saturated carbocycles. The van der Waals surface area contributed by atoms with E-state index in [-0.39, 0.29) is 16.9 Å². The lowest BCUT2D eigenvalue weighted by Gasteiger charge is -2.18. The van der Waals surface area contributed by atoms with Crippen LogP contribution < -0.4 is 15.4 Å². The molecule has 35 heavy (non-hydrogen) atoms. The van der Waals surface area contributed by atoms with Crippen LogP contribution in [-0.2, 0) is 11.3 Å². The molecule has 0 spiro atoms. The molecule has 8 heteroatoms. The van der Waals surface area contributed by atoms with Crippen molar-refractivity contribution < 1.29 is 19.1 Å². The number of carbonyl (C=O) groups excluding carboxylic acids is 2. The largest absolute Gasteiger partial charge is 0.491 e. The average molecular weight is 492 g/mol. The first kappa shape index (κ1) is 25.9. The van der Waals surface area contributed by atoms with E-state index in [2.05, 4.69) is 10.6 Å². The van der Waals surface area contributed by atoms with Crippen LogP contribution in [-0.4, -0.2) is 48.7 Å². The van der Waals surface area contributed by atoms with Gasteiger partial charge in [-0.25, -0.2) is 0 Å². The fraction of sp³-hybridized carbons (Fsp3) is 0.222. The standard InChI is InChI=1S/C27H29N3O4S/c1-3-33-15-16-34-24-14-8-11-21(18-24)25(31)29-27(35)28-23-13-7-12-22(17-23)26(32)30(2)19-20-9-5-4-6-10-20/h4-14,17-18H,3,15-16,19H2,1-2H3,(H2,28,29,31,35). The highest BCUT2D eigenvalue weighted by atomic mass is 32.1. The number of ether oxygens (including phenoxy) is 2. The van der Waals surface area contributed by atoms with Crippen LogP contribution in [0.3, 0.4) is 0 Å². The summed E-state index contributed by atoms with van der Waals surface area (Å²) < 4.78 is 10.9. The molecule has 0 unspecified atom stereocenters. The minimum atomic E-state index is -0.368. The summed E-state index contributed by atoms with van der Waals surface area (Å²) in [5.74, 6) is 0.0864. The molecule has 3 aromatic carbocycles. The molecule has 0 saturated heterocycles. The molecule has 0 aliphatic rings. The van der Waals surface area contributed by atoms with Crippen molar-refractivity contribution in [2.75, 3.05) is 32.2 Å². The highest BCUT2D eigenvalue weighted by Gasteiger charge is 2.14. The van der Waals surface area contributed by atoms with Gasteiger partial charge in [0.2, 0.25) is 0 Å². The molecule has 0 aliphatic carbocycles. The number of nitrogens with one attached hydrogen (secondary N) is 2. The van der Waals surface area contributed by atoms with Crippen LogP contribution in [0, 0.1) is 0 Å². The van der Waals surface area contributed by atoms with Gasteiger partial charge in [-0.15, -0.1) is 0 Å². The molecule has 7 nitrogen and oxygen atoms in total. The first-order valence-electron chi connectivity index (χ1n) is 11.3. The zero-order valence-electron chi connectivity index (χ0n) is 19.8. The number of hydrogen-bond donors (Lipinski definition) is 2. The van der Waals surface area contributed by atoms with Gasteiger partial charge in [-0.05, 0) is 61.1 Å². The minimum Gasteiger partial charge on any atom is -0.491 e. The van der Waals surface area contributed by atoms with E-state index < -0.39 is 0 Å². The molecule has 0 radical (unpaired) electrons. The molecular formula is C27H29N3O4S. The number of amides is 2. The Kier molecular flexibility index (Phi) is 9.77. The maximum atomic E-state index is 12.9. The molecule has 0 aromatic heterocycles. The summed E-state index contributed by atoms with van der Waals surface area (Å²) in [6.07, 6.45) is 0. The van der Waals surface area contributed by atoms with Crippen molar-refractivity contribution >= 4 is 34.8 Å². The van der Waals surface area contributed by atoms with E-state index in [0.717, 1.165) is 5.56 Å². The number of hydrogen-bond acceptors (Lipinski definition) is 5. The van der Waals surface area contributed by atoms with Crippen molar-refractivity contribution in [3.05, 3.63) is 95.6 Å². The van der Waals surface area contributed by atoms with Crippen LogP contribution in [0.2, 0.25) is 0 Å². The molecule has 182 valence electrons. The van der Waals surface area contributed by atoms with Gasteiger partial charge in [0, 0.05) is 37.0 Å². The minimum absolute atomic E-state index is 0.117. The van der Waals surface area contributed by atoms with Crippen molar-refractivity contribution in [3.63, 3.8) is 0 Å². The highest BCUT2D eigenvalue weighted by molar-refractivity contribution is 7.80. The van der Waals surface area contributed by atoms with E-state index in [1.807, 2.05) is 37.3 Å². The predicted octanol–water partition coefficient (Wildman–Crippen LogP) is 4.50. The third kappa shape index (κ3) is 8.20. The van der Waals surface area contributed by atoms with Crippen LogP contribution in [0.15, 0.2) is 78.9 Å². The smallest absolute Gasteiger partial charge is 0.257 e. The Morgan fingerprint density at radius 2 is 1.66 bits per heavy atom. The van der Waals surface area contributed by atoms with Crippen LogP contribution in [0.1, 0.15) is 33.2 Å². The van der Waals surface area contributed by atoms with Crippen LogP contribution in [0.5, 0.6) is 5.75 Å². The summed E-state index contributed by atoms with van der Waals surface area (Å²) in [6, 6.07) is 23.6. The Bertz CT molecular complexity index is 1150. The quantitative estimate of drug-likeness (QED) is 0.321. The lowest BCUT2D eigenvalue weighted by molar-refractivity contribution is 0.0785. The fourth-order valence-corrected chi connectivity index (χ4v) is 3.52. The molecule has 2 amide bonds. The molecule has 0 bridgehead atoms. The van der Waals surface area contributed by atoms with E-state index in [1.54, 1.807) is 60.5 Å². The molecule has 0 aliphatic heterocycles. The van der Waals surface area contributed by atoms with Gasteiger partial charge >= 0.3 is 0 Å². The predicted molar refractivity (Wildman–Crippen MR) is 141 cm³/mol. The molecule has 3 aromatic rings. The van der Waals surface area contributed by atoms with Crippen LogP contribution in [0.4, 0.5) is 5.69 Å². The second-order valence-corrected chi connectivity index (χ2v) is 8.12. The van der Waals surface area contributed by atoms with Crippen molar-refractivity contribution in [1.29, 1.82) is 0 Å². The second kappa shape index (κ2) is 13.2. The summed E-state index contributed by atoms with van der Waals surface area (Å²) in [6.45, 7) is 3.91.